The largest absolute Gasteiger partial charge is 0.504 e. The smallest absolute Gasteiger partial charge is 0.356 e. The first-order valence-corrected chi connectivity index (χ1v) is 4.55. The number of aromatic amines is 1. The van der Waals surface area contributed by atoms with E-state index in [0.717, 1.165) is 0 Å². The lowest BCUT2D eigenvalue weighted by Gasteiger charge is -2.16. The Morgan fingerprint density at radius 1 is 1.31 bits per heavy atom. The molecule has 1 aliphatic heterocycles. The number of carboxylic acids is 1. The van der Waals surface area contributed by atoms with E-state index in [-0.39, 0.29) is 29.7 Å². The molecule has 0 atom stereocenters. The van der Waals surface area contributed by atoms with Crippen LogP contribution in [0.4, 0.5) is 0 Å². The van der Waals surface area contributed by atoms with Crippen molar-refractivity contribution in [1.29, 1.82) is 0 Å². The van der Waals surface area contributed by atoms with Crippen molar-refractivity contribution in [1.82, 2.24) is 4.98 Å². The molecule has 6 heteroatoms. The molecule has 1 aliphatic rings. The van der Waals surface area contributed by atoms with E-state index in [2.05, 4.69) is 4.98 Å². The van der Waals surface area contributed by atoms with E-state index in [1.165, 1.54) is 6.07 Å². The molecule has 0 radical (unpaired) electrons. The third kappa shape index (κ3) is 0.979. The normalized spacial score (nSPS) is 13.2. The fourth-order valence-corrected chi connectivity index (χ4v) is 1.81. The van der Waals surface area contributed by atoms with Crippen LogP contribution in [0.1, 0.15) is 10.5 Å². The standard InChI is InChI=1S/C10H7NO5/c12-5-2-1-4-6-8(5)15-3-16-9(6)7(11-4)10(13)14/h1-2,11-12H,3H2,(H,13,14). The highest BCUT2D eigenvalue weighted by atomic mass is 16.7. The summed E-state index contributed by atoms with van der Waals surface area (Å²) in [6, 6.07) is 3.01. The van der Waals surface area contributed by atoms with Gasteiger partial charge in [-0.1, -0.05) is 0 Å². The second-order valence-corrected chi connectivity index (χ2v) is 3.38. The minimum absolute atomic E-state index is 0.0343. The Bertz CT molecular complexity index is 601. The maximum atomic E-state index is 11.0. The predicted molar refractivity (Wildman–Crippen MR) is 53.0 cm³/mol. The maximum Gasteiger partial charge on any atom is 0.356 e. The summed E-state index contributed by atoms with van der Waals surface area (Å²) in [6.45, 7) is -0.113. The van der Waals surface area contributed by atoms with E-state index in [0.29, 0.717) is 10.9 Å². The number of nitrogens with one attached hydrogen (secondary N) is 1. The second kappa shape index (κ2) is 2.82. The number of hydrogen-bond donors (Lipinski definition) is 3. The average Bonchev–Trinajstić information content (AvgIpc) is 2.64. The number of aromatic nitrogens is 1. The molecule has 0 unspecified atom stereocenters. The third-order valence-electron chi connectivity index (χ3n) is 2.47. The molecule has 6 nitrogen and oxygen atoms in total. The molecule has 0 saturated heterocycles. The number of H-pyrrole nitrogens is 1. The molecule has 2 heterocycles. The number of rotatable bonds is 1. The molecule has 0 spiro atoms. The molecule has 2 aromatic rings. The van der Waals surface area contributed by atoms with E-state index >= 15 is 0 Å². The van der Waals surface area contributed by atoms with Gasteiger partial charge in [-0.25, -0.2) is 4.79 Å². The summed E-state index contributed by atoms with van der Waals surface area (Å²) in [6.07, 6.45) is 0. The van der Waals surface area contributed by atoms with Gasteiger partial charge < -0.3 is 24.7 Å². The Morgan fingerprint density at radius 3 is 2.81 bits per heavy atom. The highest BCUT2D eigenvalue weighted by Gasteiger charge is 2.26. The van der Waals surface area contributed by atoms with Crippen molar-refractivity contribution >= 4 is 16.9 Å². The number of phenolic OH excluding ortho intramolecular Hbond substituents is 1. The number of aromatic hydroxyl groups is 1. The summed E-state index contributed by atoms with van der Waals surface area (Å²) >= 11 is 0. The van der Waals surface area contributed by atoms with Crippen LogP contribution in [-0.2, 0) is 0 Å². The molecule has 0 aliphatic carbocycles. The van der Waals surface area contributed by atoms with Crippen LogP contribution in [-0.4, -0.2) is 28.0 Å². The van der Waals surface area contributed by atoms with Crippen LogP contribution in [0.25, 0.3) is 10.9 Å². The SMILES string of the molecule is O=C(O)c1[nH]c2ccc(O)c3c2c1OCO3. The first-order chi connectivity index (χ1) is 7.68. The van der Waals surface area contributed by atoms with Crippen LogP contribution >= 0.6 is 0 Å². The molecule has 3 rings (SSSR count). The van der Waals surface area contributed by atoms with Crippen molar-refractivity contribution in [2.75, 3.05) is 6.79 Å². The van der Waals surface area contributed by atoms with Gasteiger partial charge in [-0.05, 0) is 12.1 Å². The topological polar surface area (TPSA) is 91.8 Å². The minimum Gasteiger partial charge on any atom is -0.504 e. The zero-order valence-corrected chi connectivity index (χ0v) is 7.98. The van der Waals surface area contributed by atoms with Crippen LogP contribution in [0.5, 0.6) is 17.2 Å². The third-order valence-corrected chi connectivity index (χ3v) is 2.47. The summed E-state index contributed by atoms with van der Waals surface area (Å²) in [7, 11) is 0. The molecule has 0 saturated carbocycles. The van der Waals surface area contributed by atoms with Crippen LogP contribution in [0.3, 0.4) is 0 Å². The highest BCUT2D eigenvalue weighted by Crippen LogP contribution is 2.44. The quantitative estimate of drug-likeness (QED) is 0.675. The summed E-state index contributed by atoms with van der Waals surface area (Å²) < 4.78 is 10.3. The number of carbonyl (C=O) groups is 1. The molecule has 0 amide bonds. The molecule has 1 aromatic carbocycles. The number of benzene rings is 1. The van der Waals surface area contributed by atoms with Crippen LogP contribution in [0, 0.1) is 0 Å². The molecular weight excluding hydrogens is 214 g/mol. The Morgan fingerprint density at radius 2 is 2.06 bits per heavy atom. The number of phenols is 1. The fourth-order valence-electron chi connectivity index (χ4n) is 1.81. The average molecular weight is 221 g/mol. The maximum absolute atomic E-state index is 11.0. The van der Waals surface area contributed by atoms with Gasteiger partial charge in [0.25, 0.3) is 0 Å². The first-order valence-electron chi connectivity index (χ1n) is 4.55. The monoisotopic (exact) mass is 221 g/mol. The van der Waals surface area contributed by atoms with Gasteiger partial charge in [-0.2, -0.15) is 0 Å². The molecule has 1 aromatic heterocycles. The lowest BCUT2D eigenvalue weighted by Crippen LogP contribution is -2.12. The van der Waals surface area contributed by atoms with Crippen molar-refractivity contribution in [3.8, 4) is 17.2 Å². The molecule has 0 bridgehead atoms. The zero-order chi connectivity index (χ0) is 11.3. The number of carboxylic acid groups (broad SMARTS) is 1. The van der Waals surface area contributed by atoms with Crippen LogP contribution < -0.4 is 9.47 Å². The van der Waals surface area contributed by atoms with Crippen LogP contribution in [0.2, 0.25) is 0 Å². The van der Waals surface area contributed by atoms with Gasteiger partial charge in [0.15, 0.2) is 22.9 Å². The predicted octanol–water partition coefficient (Wildman–Crippen LogP) is 1.30. The minimum atomic E-state index is -1.11. The van der Waals surface area contributed by atoms with E-state index in [1.807, 2.05) is 0 Å². The second-order valence-electron chi connectivity index (χ2n) is 3.38. The summed E-state index contributed by atoms with van der Waals surface area (Å²) in [5.74, 6) is -0.686. The Kier molecular flexibility index (Phi) is 1.57. The number of hydrogen-bond acceptors (Lipinski definition) is 4. The van der Waals surface area contributed by atoms with E-state index < -0.39 is 5.97 Å². The molecule has 3 N–H and O–H groups in total. The zero-order valence-electron chi connectivity index (χ0n) is 7.98. The van der Waals surface area contributed by atoms with Crippen molar-refractivity contribution in [2.45, 2.75) is 0 Å². The van der Waals surface area contributed by atoms with Crippen LogP contribution in [0.15, 0.2) is 12.1 Å². The van der Waals surface area contributed by atoms with Gasteiger partial charge in [-0.3, -0.25) is 0 Å². The van der Waals surface area contributed by atoms with Gasteiger partial charge in [0.1, 0.15) is 0 Å². The van der Waals surface area contributed by atoms with Crippen molar-refractivity contribution < 1.29 is 24.5 Å². The highest BCUT2D eigenvalue weighted by molar-refractivity contribution is 6.04. The molecule has 16 heavy (non-hydrogen) atoms. The first kappa shape index (κ1) is 8.90. The van der Waals surface area contributed by atoms with Gasteiger partial charge in [0, 0.05) is 0 Å². The summed E-state index contributed by atoms with van der Waals surface area (Å²) in [5.41, 5.74) is 0.519. The Labute approximate surface area is 89.0 Å². The number of ether oxygens (including phenoxy) is 2. The Balaban J connectivity index is 2.45. The van der Waals surface area contributed by atoms with Gasteiger partial charge >= 0.3 is 5.97 Å². The van der Waals surface area contributed by atoms with Gasteiger partial charge in [-0.15, -0.1) is 0 Å². The summed E-state index contributed by atoms with van der Waals surface area (Å²) in [5, 5.41) is 19.0. The molecule has 82 valence electrons. The van der Waals surface area contributed by atoms with E-state index in [9.17, 15) is 9.90 Å². The molecular formula is C10H7NO5. The van der Waals surface area contributed by atoms with Crippen molar-refractivity contribution in [3.63, 3.8) is 0 Å². The van der Waals surface area contributed by atoms with Crippen molar-refractivity contribution in [2.24, 2.45) is 0 Å². The number of aromatic carboxylic acids is 1. The van der Waals surface area contributed by atoms with Gasteiger partial charge in [0.2, 0.25) is 6.79 Å². The lowest BCUT2D eigenvalue weighted by molar-refractivity contribution is 0.0672. The molecule has 0 fully saturated rings. The Hall–Kier alpha value is -2.37. The fraction of sp³-hybridized carbons (Fsp3) is 0.100. The van der Waals surface area contributed by atoms with E-state index in [1.54, 1.807) is 6.07 Å². The summed E-state index contributed by atoms with van der Waals surface area (Å²) in [4.78, 5) is 13.7. The van der Waals surface area contributed by atoms with Gasteiger partial charge in [0.05, 0.1) is 10.9 Å². The van der Waals surface area contributed by atoms with E-state index in [4.69, 9.17) is 14.6 Å². The lowest BCUT2D eigenvalue weighted by atomic mass is 10.2. The van der Waals surface area contributed by atoms with Crippen molar-refractivity contribution in [3.05, 3.63) is 17.8 Å².